The summed E-state index contributed by atoms with van der Waals surface area (Å²) in [6.07, 6.45) is 8.09. The molecule has 8 nitrogen and oxygen atoms in total. The summed E-state index contributed by atoms with van der Waals surface area (Å²) in [5.74, 6) is -0.554. The summed E-state index contributed by atoms with van der Waals surface area (Å²) in [7, 11) is 2.02. The molecule has 38 heavy (non-hydrogen) atoms. The molecule has 1 saturated heterocycles. The van der Waals surface area contributed by atoms with Crippen LogP contribution in [0.1, 0.15) is 61.8 Å². The molecule has 2 aliphatic heterocycles. The first-order chi connectivity index (χ1) is 18.4. The molecule has 208 valence electrons. The molecule has 3 atom stereocenters. The molecular formula is C30H44N4O4. The van der Waals surface area contributed by atoms with Crippen LogP contribution < -0.4 is 10.5 Å². The molecule has 8 heteroatoms. The second-order valence-electron chi connectivity index (χ2n) is 10.8. The predicted octanol–water partition coefficient (Wildman–Crippen LogP) is 3.43. The van der Waals surface area contributed by atoms with E-state index in [-0.39, 0.29) is 24.4 Å². The van der Waals surface area contributed by atoms with Crippen molar-refractivity contribution >= 4 is 11.9 Å². The number of aromatic nitrogens is 1. The highest BCUT2D eigenvalue weighted by Gasteiger charge is 2.47. The van der Waals surface area contributed by atoms with Gasteiger partial charge in [-0.2, -0.15) is 0 Å². The van der Waals surface area contributed by atoms with Gasteiger partial charge in [-0.15, -0.1) is 0 Å². The minimum absolute atomic E-state index is 0.0893. The molecule has 3 heterocycles. The fraction of sp³-hybridized carbons (Fsp3) is 0.600. The van der Waals surface area contributed by atoms with Crippen molar-refractivity contribution in [1.82, 2.24) is 14.4 Å². The number of carboxylic acids is 1. The van der Waals surface area contributed by atoms with Gasteiger partial charge in [0.2, 0.25) is 5.91 Å². The first kappa shape index (κ1) is 28.2. The van der Waals surface area contributed by atoms with Crippen LogP contribution in [0.5, 0.6) is 5.75 Å². The maximum atomic E-state index is 13.6. The van der Waals surface area contributed by atoms with E-state index >= 15 is 0 Å². The Bertz CT molecular complexity index is 1080. The van der Waals surface area contributed by atoms with Crippen molar-refractivity contribution in [1.29, 1.82) is 0 Å². The van der Waals surface area contributed by atoms with E-state index in [1.54, 1.807) is 0 Å². The van der Waals surface area contributed by atoms with E-state index in [1.165, 1.54) is 5.69 Å². The number of benzene rings is 1. The number of carboxylic acid groups (broad SMARTS) is 1. The Hall–Kier alpha value is -2.84. The molecule has 0 spiro atoms. The lowest BCUT2D eigenvalue weighted by atomic mass is 9.83. The molecule has 4 rings (SSSR count). The van der Waals surface area contributed by atoms with Crippen molar-refractivity contribution in [2.75, 3.05) is 39.3 Å². The molecule has 0 saturated carbocycles. The number of amides is 1. The highest BCUT2D eigenvalue weighted by atomic mass is 16.5. The van der Waals surface area contributed by atoms with Crippen LogP contribution in [-0.4, -0.2) is 76.7 Å². The monoisotopic (exact) mass is 524 g/mol. The molecule has 1 amide bonds. The van der Waals surface area contributed by atoms with Crippen LogP contribution >= 0.6 is 0 Å². The number of ether oxygens (including phenoxy) is 1. The number of carbonyl (C=O) groups is 2. The van der Waals surface area contributed by atoms with Crippen LogP contribution in [0.15, 0.2) is 36.5 Å². The summed E-state index contributed by atoms with van der Waals surface area (Å²) in [5, 5.41) is 10.5. The van der Waals surface area contributed by atoms with Gasteiger partial charge in [-0.25, -0.2) is 0 Å². The second-order valence-corrected chi connectivity index (χ2v) is 10.8. The van der Waals surface area contributed by atoms with E-state index < -0.39 is 11.9 Å². The van der Waals surface area contributed by atoms with Gasteiger partial charge in [-0.3, -0.25) is 14.5 Å². The number of nitrogens with zero attached hydrogens (tertiary/aromatic N) is 3. The molecule has 0 bridgehead atoms. The maximum Gasteiger partial charge on any atom is 0.308 e. The van der Waals surface area contributed by atoms with E-state index in [4.69, 9.17) is 10.5 Å². The Kier molecular flexibility index (Phi) is 9.86. The smallest absolute Gasteiger partial charge is 0.308 e. The standard InChI is InChI=1S/C30H44N4O4/c1-3-4-16-33(17-6-5-14-31)28(35)21-34-20-25(22-9-12-27-23(19-22)13-18-38-27)29(30(36)37)26(34)11-10-24-8-7-15-32(24)2/h7-9,12,15,19,25-26,29H,3-6,10-11,13-14,16-18,20-21,31H2,1-2H3,(H,36,37). The van der Waals surface area contributed by atoms with Crippen molar-refractivity contribution in [2.24, 2.45) is 18.7 Å². The van der Waals surface area contributed by atoms with Gasteiger partial charge in [0, 0.05) is 57.0 Å². The van der Waals surface area contributed by atoms with Crippen molar-refractivity contribution in [3.63, 3.8) is 0 Å². The highest BCUT2D eigenvalue weighted by Crippen LogP contribution is 2.41. The SMILES string of the molecule is CCCCN(CCCCN)C(=O)CN1CC(c2ccc3c(c2)CCO3)C(C(=O)O)C1CCc1cccn1C. The molecular weight excluding hydrogens is 480 g/mol. The van der Waals surface area contributed by atoms with E-state index in [0.717, 1.165) is 61.9 Å². The predicted molar refractivity (Wildman–Crippen MR) is 148 cm³/mol. The molecule has 1 fully saturated rings. The number of aliphatic carboxylic acids is 1. The largest absolute Gasteiger partial charge is 0.493 e. The van der Waals surface area contributed by atoms with Crippen LogP contribution in [-0.2, 0) is 29.5 Å². The van der Waals surface area contributed by atoms with E-state index in [0.29, 0.717) is 32.7 Å². The number of carbonyl (C=O) groups excluding carboxylic acids is 1. The minimum atomic E-state index is -0.788. The molecule has 2 aliphatic rings. The summed E-state index contributed by atoms with van der Waals surface area (Å²) < 4.78 is 7.77. The topological polar surface area (TPSA) is 101 Å². The van der Waals surface area contributed by atoms with E-state index in [1.807, 2.05) is 36.3 Å². The lowest BCUT2D eigenvalue weighted by molar-refractivity contribution is -0.143. The lowest BCUT2D eigenvalue weighted by Gasteiger charge is -2.30. The van der Waals surface area contributed by atoms with Crippen LogP contribution in [0, 0.1) is 5.92 Å². The Morgan fingerprint density at radius 1 is 1.18 bits per heavy atom. The average Bonchev–Trinajstić information content (AvgIpc) is 3.62. The summed E-state index contributed by atoms with van der Waals surface area (Å²) in [6.45, 7) is 5.67. The van der Waals surface area contributed by atoms with Crippen molar-refractivity contribution in [2.45, 2.75) is 63.8 Å². The first-order valence-corrected chi connectivity index (χ1v) is 14.2. The van der Waals surface area contributed by atoms with E-state index in [2.05, 4.69) is 28.5 Å². The van der Waals surface area contributed by atoms with Gasteiger partial charge >= 0.3 is 5.97 Å². The fourth-order valence-corrected chi connectivity index (χ4v) is 6.11. The number of hydrogen-bond donors (Lipinski definition) is 2. The quantitative estimate of drug-likeness (QED) is 0.367. The number of likely N-dealkylation sites (tertiary alicyclic amines) is 1. The van der Waals surface area contributed by atoms with Crippen LogP contribution in [0.4, 0.5) is 0 Å². The molecule has 1 aromatic carbocycles. The van der Waals surface area contributed by atoms with Gasteiger partial charge in [0.1, 0.15) is 5.75 Å². The van der Waals surface area contributed by atoms with Gasteiger partial charge in [0.15, 0.2) is 0 Å². The van der Waals surface area contributed by atoms with Gasteiger partial charge in [0.05, 0.1) is 19.1 Å². The maximum absolute atomic E-state index is 13.6. The first-order valence-electron chi connectivity index (χ1n) is 14.2. The summed E-state index contributed by atoms with van der Waals surface area (Å²) in [5.41, 5.74) is 9.05. The summed E-state index contributed by atoms with van der Waals surface area (Å²) in [6, 6.07) is 10.0. The number of aryl methyl sites for hydroxylation is 2. The lowest BCUT2D eigenvalue weighted by Crippen LogP contribution is -2.45. The summed E-state index contributed by atoms with van der Waals surface area (Å²) >= 11 is 0. The van der Waals surface area contributed by atoms with Crippen LogP contribution in [0.25, 0.3) is 0 Å². The normalized spacial score (nSPS) is 20.9. The highest BCUT2D eigenvalue weighted by molar-refractivity contribution is 5.79. The Labute approximate surface area is 226 Å². The Morgan fingerprint density at radius 3 is 2.71 bits per heavy atom. The summed E-state index contributed by atoms with van der Waals surface area (Å²) in [4.78, 5) is 30.5. The Morgan fingerprint density at radius 2 is 2.00 bits per heavy atom. The third-order valence-electron chi connectivity index (χ3n) is 8.28. The van der Waals surface area contributed by atoms with Crippen LogP contribution in [0.3, 0.4) is 0 Å². The van der Waals surface area contributed by atoms with Gasteiger partial charge in [-0.1, -0.05) is 25.5 Å². The number of hydrogen-bond acceptors (Lipinski definition) is 5. The number of fused-ring (bicyclic) bond motifs is 1. The molecule has 1 aromatic heterocycles. The molecule has 0 aliphatic carbocycles. The fourth-order valence-electron chi connectivity index (χ4n) is 6.11. The molecule has 3 unspecified atom stereocenters. The van der Waals surface area contributed by atoms with E-state index in [9.17, 15) is 14.7 Å². The molecule has 0 radical (unpaired) electrons. The second kappa shape index (κ2) is 13.3. The van der Waals surface area contributed by atoms with Crippen molar-refractivity contribution < 1.29 is 19.4 Å². The zero-order valence-corrected chi connectivity index (χ0v) is 23.0. The number of nitrogens with two attached hydrogens (primary N) is 1. The minimum Gasteiger partial charge on any atom is -0.493 e. The number of rotatable bonds is 14. The third kappa shape index (κ3) is 6.59. The van der Waals surface area contributed by atoms with Crippen molar-refractivity contribution in [3.8, 4) is 5.75 Å². The number of unbranched alkanes of at least 4 members (excludes halogenated alkanes) is 2. The van der Waals surface area contributed by atoms with Gasteiger partial charge in [0.25, 0.3) is 0 Å². The molecule has 2 aromatic rings. The third-order valence-corrected chi connectivity index (χ3v) is 8.28. The van der Waals surface area contributed by atoms with Crippen molar-refractivity contribution in [3.05, 3.63) is 53.3 Å². The van der Waals surface area contributed by atoms with Gasteiger partial charge < -0.3 is 25.0 Å². The van der Waals surface area contributed by atoms with Gasteiger partial charge in [-0.05, 0) is 68.0 Å². The zero-order chi connectivity index (χ0) is 27.1. The zero-order valence-electron chi connectivity index (χ0n) is 23.0. The van der Waals surface area contributed by atoms with Crippen LogP contribution in [0.2, 0.25) is 0 Å². The Balaban J connectivity index is 1.58. The molecule has 3 N–H and O–H groups in total. The average molecular weight is 525 g/mol.